The van der Waals surface area contributed by atoms with Gasteiger partial charge in [-0.3, -0.25) is 4.57 Å². The lowest BCUT2D eigenvalue weighted by atomic mass is 10.1. The van der Waals surface area contributed by atoms with Gasteiger partial charge < -0.3 is 23.6 Å². The minimum absolute atomic E-state index is 0.0100. The van der Waals surface area contributed by atoms with Crippen molar-refractivity contribution in [2.24, 2.45) is 0 Å². The normalized spacial score (nSPS) is 35.1. The smallest absolute Gasteiger partial charge is 0.351 e. The number of rotatable bonds is 6. The Morgan fingerprint density at radius 3 is 2.42 bits per heavy atom. The lowest BCUT2D eigenvalue weighted by Crippen LogP contribution is -2.37. The summed E-state index contributed by atoms with van der Waals surface area (Å²) in [5.74, 6) is 1.12. The summed E-state index contributed by atoms with van der Waals surface area (Å²) in [6, 6.07) is 0. The SMILES string of the molecule is CO[C@@H]1[C@H](OC(C)C)[C@@H](/C=C/P(=O)(O)OC)O[C@H]1C. The highest BCUT2D eigenvalue weighted by Gasteiger charge is 2.43. The predicted molar refractivity (Wildman–Crippen MR) is 71.1 cm³/mol. The maximum Gasteiger partial charge on any atom is 0.351 e. The second-order valence-corrected chi connectivity index (χ2v) is 6.54. The van der Waals surface area contributed by atoms with Crippen LogP contribution in [-0.4, -0.2) is 49.6 Å². The van der Waals surface area contributed by atoms with Crippen molar-refractivity contribution >= 4 is 7.60 Å². The number of hydrogen-bond acceptors (Lipinski definition) is 5. The lowest BCUT2D eigenvalue weighted by Gasteiger charge is -2.23. The summed E-state index contributed by atoms with van der Waals surface area (Å²) in [4.78, 5) is 9.36. The molecule has 1 aliphatic rings. The first kappa shape index (κ1) is 16.8. The zero-order valence-corrected chi connectivity index (χ0v) is 12.9. The fraction of sp³-hybridized carbons (Fsp3) is 0.833. The molecule has 6 nitrogen and oxygen atoms in total. The van der Waals surface area contributed by atoms with E-state index in [1.54, 1.807) is 7.11 Å². The molecule has 0 aromatic rings. The van der Waals surface area contributed by atoms with Crippen LogP contribution in [0.4, 0.5) is 0 Å². The minimum atomic E-state index is -3.69. The largest absolute Gasteiger partial charge is 0.376 e. The Balaban J connectivity index is 2.83. The van der Waals surface area contributed by atoms with Crippen LogP contribution in [0.25, 0.3) is 0 Å². The van der Waals surface area contributed by atoms with Crippen LogP contribution < -0.4 is 0 Å². The molecule has 0 spiro atoms. The minimum Gasteiger partial charge on any atom is -0.376 e. The molecule has 0 saturated carbocycles. The first-order valence-corrected chi connectivity index (χ1v) is 7.86. The van der Waals surface area contributed by atoms with E-state index in [0.717, 1.165) is 5.82 Å². The summed E-state index contributed by atoms with van der Waals surface area (Å²) >= 11 is 0. The lowest BCUT2D eigenvalue weighted by molar-refractivity contribution is -0.0684. The quantitative estimate of drug-likeness (QED) is 0.754. The molecule has 1 unspecified atom stereocenters. The summed E-state index contributed by atoms with van der Waals surface area (Å²) in [5, 5.41) is 0. The standard InChI is InChI=1S/C12H23O6P/c1-8(2)17-12-10(6-7-19(13,14)16-5)18-9(3)11(12)15-4/h6-12H,1-5H3,(H,13,14)/b7-6+/t9-,10+,11-,12+/m0/s1. The third-order valence-corrected chi connectivity index (χ3v) is 3.98. The Morgan fingerprint density at radius 2 is 1.95 bits per heavy atom. The van der Waals surface area contributed by atoms with Gasteiger partial charge in [0.25, 0.3) is 0 Å². The second kappa shape index (κ2) is 6.97. The monoisotopic (exact) mass is 294 g/mol. The fourth-order valence-corrected chi connectivity index (χ4v) is 2.57. The van der Waals surface area contributed by atoms with Gasteiger partial charge in [-0.15, -0.1) is 0 Å². The summed E-state index contributed by atoms with van der Waals surface area (Å²) < 4.78 is 32.8. The molecule has 0 aromatic carbocycles. The Morgan fingerprint density at radius 1 is 1.32 bits per heavy atom. The molecule has 1 N–H and O–H groups in total. The molecule has 0 aromatic heterocycles. The molecule has 0 bridgehead atoms. The van der Waals surface area contributed by atoms with Gasteiger partial charge in [0, 0.05) is 20.0 Å². The van der Waals surface area contributed by atoms with Crippen molar-refractivity contribution in [2.45, 2.75) is 51.3 Å². The van der Waals surface area contributed by atoms with E-state index >= 15 is 0 Å². The van der Waals surface area contributed by atoms with Gasteiger partial charge in [-0.1, -0.05) is 0 Å². The first-order chi connectivity index (χ1) is 8.80. The van der Waals surface area contributed by atoms with E-state index in [2.05, 4.69) is 4.52 Å². The van der Waals surface area contributed by atoms with Gasteiger partial charge in [0.2, 0.25) is 0 Å². The highest BCUT2D eigenvalue weighted by Crippen LogP contribution is 2.43. The van der Waals surface area contributed by atoms with Gasteiger partial charge in [0.05, 0.1) is 12.2 Å². The zero-order chi connectivity index (χ0) is 14.6. The van der Waals surface area contributed by atoms with Crippen LogP contribution in [0.15, 0.2) is 11.9 Å². The molecule has 1 heterocycles. The Labute approximate surface area is 114 Å². The average molecular weight is 294 g/mol. The maximum absolute atomic E-state index is 11.4. The second-order valence-electron chi connectivity index (χ2n) is 4.74. The number of ether oxygens (including phenoxy) is 3. The molecule has 112 valence electrons. The van der Waals surface area contributed by atoms with Crippen molar-refractivity contribution in [3.63, 3.8) is 0 Å². The van der Waals surface area contributed by atoms with Crippen molar-refractivity contribution in [3.8, 4) is 0 Å². The van der Waals surface area contributed by atoms with Gasteiger partial charge in [-0.05, 0) is 26.8 Å². The molecule has 5 atom stereocenters. The van der Waals surface area contributed by atoms with Gasteiger partial charge in [-0.25, -0.2) is 0 Å². The van der Waals surface area contributed by atoms with E-state index in [1.807, 2.05) is 20.8 Å². The van der Waals surface area contributed by atoms with Gasteiger partial charge in [0.1, 0.15) is 18.3 Å². The van der Waals surface area contributed by atoms with E-state index in [0.29, 0.717) is 0 Å². The van der Waals surface area contributed by atoms with E-state index in [4.69, 9.17) is 14.2 Å². The maximum atomic E-state index is 11.4. The van der Waals surface area contributed by atoms with Crippen molar-refractivity contribution in [3.05, 3.63) is 11.9 Å². The summed E-state index contributed by atoms with van der Waals surface area (Å²) in [7, 11) is -0.911. The predicted octanol–water partition coefficient (Wildman–Crippen LogP) is 1.93. The molecule has 0 aliphatic carbocycles. The highest BCUT2D eigenvalue weighted by molar-refractivity contribution is 7.56. The first-order valence-electron chi connectivity index (χ1n) is 6.22. The van der Waals surface area contributed by atoms with Crippen molar-refractivity contribution in [1.29, 1.82) is 0 Å². The van der Waals surface area contributed by atoms with Crippen LogP contribution in [0.1, 0.15) is 20.8 Å². The van der Waals surface area contributed by atoms with Crippen LogP contribution in [0, 0.1) is 0 Å². The Hall–Kier alpha value is -0.230. The Bertz CT molecular complexity index is 356. The van der Waals surface area contributed by atoms with Gasteiger partial charge in [-0.2, -0.15) is 0 Å². The highest BCUT2D eigenvalue weighted by atomic mass is 31.2. The molecule has 0 radical (unpaired) electrons. The molecular formula is C12H23O6P. The van der Waals surface area contributed by atoms with E-state index in [1.165, 1.54) is 13.2 Å². The van der Waals surface area contributed by atoms with Crippen molar-refractivity contribution in [2.75, 3.05) is 14.2 Å². The van der Waals surface area contributed by atoms with Crippen LogP contribution >= 0.6 is 7.60 Å². The molecule has 19 heavy (non-hydrogen) atoms. The summed E-state index contributed by atoms with van der Waals surface area (Å²) in [5.41, 5.74) is 0. The van der Waals surface area contributed by atoms with Crippen LogP contribution in [0.3, 0.4) is 0 Å². The number of methoxy groups -OCH3 is 1. The third kappa shape index (κ3) is 4.67. The number of hydrogen-bond donors (Lipinski definition) is 1. The summed E-state index contributed by atoms with van der Waals surface area (Å²) in [6.07, 6.45) is 0.413. The fourth-order valence-electron chi connectivity index (χ4n) is 2.06. The molecule has 1 rings (SSSR count). The van der Waals surface area contributed by atoms with Crippen molar-refractivity contribution < 1.29 is 28.2 Å². The molecular weight excluding hydrogens is 271 g/mol. The topological polar surface area (TPSA) is 74.2 Å². The zero-order valence-electron chi connectivity index (χ0n) is 12.0. The van der Waals surface area contributed by atoms with E-state index in [-0.39, 0.29) is 24.4 Å². The molecule has 1 fully saturated rings. The van der Waals surface area contributed by atoms with Crippen LogP contribution in [-0.2, 0) is 23.3 Å². The average Bonchev–Trinajstić information content (AvgIpc) is 2.62. The molecule has 7 heteroatoms. The third-order valence-electron chi connectivity index (χ3n) is 2.91. The Kier molecular flexibility index (Phi) is 6.17. The molecule has 0 amide bonds. The molecule has 1 aliphatic heterocycles. The van der Waals surface area contributed by atoms with Crippen LogP contribution in [0.2, 0.25) is 0 Å². The molecule has 1 saturated heterocycles. The van der Waals surface area contributed by atoms with Gasteiger partial charge >= 0.3 is 7.60 Å². The van der Waals surface area contributed by atoms with Gasteiger partial charge in [0.15, 0.2) is 0 Å². The summed E-state index contributed by atoms with van der Waals surface area (Å²) in [6.45, 7) is 5.72. The van der Waals surface area contributed by atoms with E-state index < -0.39 is 13.7 Å². The van der Waals surface area contributed by atoms with Crippen molar-refractivity contribution in [1.82, 2.24) is 0 Å². The van der Waals surface area contributed by atoms with E-state index in [9.17, 15) is 9.46 Å². The van der Waals surface area contributed by atoms with Crippen LogP contribution in [0.5, 0.6) is 0 Å².